The molecule has 4 aromatic carbocycles. The second-order valence-electron chi connectivity index (χ2n) is 4.62. The molecule has 0 N–H and O–H groups in total. The molecule has 0 nitrogen and oxygen atoms in total. The Morgan fingerprint density at radius 3 is 2.00 bits per heavy atom. The zero-order chi connectivity index (χ0) is 13.1. The first-order valence-electron chi connectivity index (χ1n) is 5.88. The van der Waals surface area contributed by atoms with Crippen molar-refractivity contribution in [3.05, 3.63) is 56.4 Å². The number of benzene rings is 4. The average Bonchev–Trinajstić information content (AvgIpc) is 2.45. The highest BCUT2D eigenvalue weighted by atomic mass is 79.9. The van der Waals surface area contributed by atoms with Crippen LogP contribution >= 0.6 is 43.5 Å². The minimum absolute atomic E-state index is 0.762. The van der Waals surface area contributed by atoms with E-state index in [1.807, 2.05) is 0 Å². The Kier molecular flexibility index (Phi) is 2.57. The summed E-state index contributed by atoms with van der Waals surface area (Å²) in [6, 6.07) is 14.9. The van der Waals surface area contributed by atoms with Crippen molar-refractivity contribution in [1.82, 2.24) is 0 Å². The molecule has 4 rings (SSSR count). The van der Waals surface area contributed by atoms with Crippen LogP contribution in [0.4, 0.5) is 0 Å². The standard InChI is InChI=1S/C16H7Br2Cl/c17-14-10-6-4-8-2-1-3-9-5-7-11(13(10)12(8)9)16(19)15(14)18/h1-7H. The molecule has 0 bridgehead atoms. The van der Waals surface area contributed by atoms with E-state index in [1.54, 1.807) is 0 Å². The lowest BCUT2D eigenvalue weighted by Crippen LogP contribution is -1.87. The van der Waals surface area contributed by atoms with Crippen LogP contribution in [0.3, 0.4) is 0 Å². The van der Waals surface area contributed by atoms with Gasteiger partial charge in [-0.2, -0.15) is 0 Å². The highest BCUT2D eigenvalue weighted by molar-refractivity contribution is 9.13. The summed E-state index contributed by atoms with van der Waals surface area (Å²) in [5, 5.41) is 8.06. The molecule has 0 radical (unpaired) electrons. The molecular weight excluding hydrogens is 387 g/mol. The largest absolute Gasteiger partial charge is 0.0824 e. The third-order valence-corrected chi connectivity index (χ3v) is 6.40. The maximum atomic E-state index is 6.48. The molecule has 3 heteroatoms. The molecule has 0 spiro atoms. The number of hydrogen-bond donors (Lipinski definition) is 0. The van der Waals surface area contributed by atoms with E-state index in [0.717, 1.165) is 19.4 Å². The van der Waals surface area contributed by atoms with Crippen LogP contribution in [0, 0.1) is 0 Å². The highest BCUT2D eigenvalue weighted by Gasteiger charge is 2.16. The lowest BCUT2D eigenvalue weighted by atomic mass is 9.94. The van der Waals surface area contributed by atoms with Crippen LogP contribution in [0.15, 0.2) is 51.4 Å². The Hall–Kier alpha value is -0.830. The van der Waals surface area contributed by atoms with Crippen molar-refractivity contribution in [2.45, 2.75) is 0 Å². The Bertz CT molecular complexity index is 874. The quantitative estimate of drug-likeness (QED) is 0.228. The van der Waals surface area contributed by atoms with Gasteiger partial charge < -0.3 is 0 Å². The van der Waals surface area contributed by atoms with Crippen molar-refractivity contribution >= 4 is 75.8 Å². The van der Waals surface area contributed by atoms with Gasteiger partial charge in [0, 0.05) is 15.2 Å². The normalized spacial score (nSPS) is 11.9. The van der Waals surface area contributed by atoms with Crippen molar-refractivity contribution in [1.29, 1.82) is 0 Å². The molecule has 0 amide bonds. The smallest absolute Gasteiger partial charge is 0.0638 e. The molecule has 0 saturated heterocycles. The van der Waals surface area contributed by atoms with Crippen molar-refractivity contribution in [2.75, 3.05) is 0 Å². The summed E-state index contributed by atoms with van der Waals surface area (Å²) in [6.45, 7) is 0. The van der Waals surface area contributed by atoms with Crippen LogP contribution in [0.5, 0.6) is 0 Å². The Morgan fingerprint density at radius 2 is 1.32 bits per heavy atom. The summed E-state index contributed by atoms with van der Waals surface area (Å²) < 4.78 is 1.93. The minimum atomic E-state index is 0.762. The van der Waals surface area contributed by atoms with Crippen LogP contribution in [0.1, 0.15) is 0 Å². The average molecular weight is 394 g/mol. The molecular formula is C16H7Br2Cl. The van der Waals surface area contributed by atoms with Crippen molar-refractivity contribution in [3.63, 3.8) is 0 Å². The zero-order valence-corrected chi connectivity index (χ0v) is 13.6. The predicted octanol–water partition coefficient (Wildman–Crippen LogP) is 6.76. The molecule has 0 aliphatic rings. The first-order chi connectivity index (χ1) is 9.18. The van der Waals surface area contributed by atoms with Gasteiger partial charge in [0.05, 0.1) is 9.50 Å². The van der Waals surface area contributed by atoms with E-state index in [0.29, 0.717) is 0 Å². The first kappa shape index (κ1) is 12.0. The topological polar surface area (TPSA) is 0 Å². The highest BCUT2D eigenvalue weighted by Crippen LogP contribution is 2.45. The maximum Gasteiger partial charge on any atom is 0.0638 e. The third-order valence-electron chi connectivity index (χ3n) is 3.64. The SMILES string of the molecule is Clc1c(Br)c(Br)c2ccc3cccc4ccc1c2c43. The molecule has 0 aromatic heterocycles. The van der Waals surface area contributed by atoms with E-state index in [1.165, 1.54) is 26.9 Å². The van der Waals surface area contributed by atoms with E-state index in [9.17, 15) is 0 Å². The van der Waals surface area contributed by atoms with Crippen LogP contribution in [-0.2, 0) is 0 Å². The van der Waals surface area contributed by atoms with Gasteiger partial charge >= 0.3 is 0 Å². The maximum absolute atomic E-state index is 6.48. The predicted molar refractivity (Wildman–Crippen MR) is 90.6 cm³/mol. The van der Waals surface area contributed by atoms with E-state index >= 15 is 0 Å². The van der Waals surface area contributed by atoms with E-state index < -0.39 is 0 Å². The van der Waals surface area contributed by atoms with Crippen molar-refractivity contribution < 1.29 is 0 Å². The van der Waals surface area contributed by atoms with Gasteiger partial charge in [-0.05, 0) is 53.4 Å². The summed E-state index contributed by atoms with van der Waals surface area (Å²) >= 11 is 13.7. The van der Waals surface area contributed by atoms with E-state index in [-0.39, 0.29) is 0 Å². The molecule has 0 atom stereocenters. The van der Waals surface area contributed by atoms with Crippen LogP contribution in [0.25, 0.3) is 32.3 Å². The summed E-state index contributed by atoms with van der Waals surface area (Å²) in [5.74, 6) is 0. The van der Waals surface area contributed by atoms with Crippen molar-refractivity contribution in [2.24, 2.45) is 0 Å². The lowest BCUT2D eigenvalue weighted by Gasteiger charge is -2.14. The first-order valence-corrected chi connectivity index (χ1v) is 7.85. The molecule has 19 heavy (non-hydrogen) atoms. The van der Waals surface area contributed by atoms with Gasteiger partial charge in [-0.25, -0.2) is 0 Å². The summed E-state index contributed by atoms with van der Waals surface area (Å²) in [7, 11) is 0. The summed E-state index contributed by atoms with van der Waals surface area (Å²) in [5.41, 5.74) is 0. The molecule has 4 aromatic rings. The van der Waals surface area contributed by atoms with Gasteiger partial charge in [-0.1, -0.05) is 54.1 Å². The van der Waals surface area contributed by atoms with Gasteiger partial charge in [0.2, 0.25) is 0 Å². The van der Waals surface area contributed by atoms with Gasteiger partial charge in [0.1, 0.15) is 0 Å². The monoisotopic (exact) mass is 392 g/mol. The fourth-order valence-electron chi connectivity index (χ4n) is 2.78. The second kappa shape index (κ2) is 4.08. The number of rotatable bonds is 0. The van der Waals surface area contributed by atoms with Crippen LogP contribution < -0.4 is 0 Å². The molecule has 0 aliphatic carbocycles. The van der Waals surface area contributed by atoms with Gasteiger partial charge in [-0.3, -0.25) is 0 Å². The van der Waals surface area contributed by atoms with Gasteiger partial charge in [-0.15, -0.1) is 0 Å². The Labute approximate surface area is 131 Å². The Morgan fingerprint density at radius 1 is 0.684 bits per heavy atom. The van der Waals surface area contributed by atoms with Crippen LogP contribution in [-0.4, -0.2) is 0 Å². The minimum Gasteiger partial charge on any atom is -0.0824 e. The molecule has 0 unspecified atom stereocenters. The molecule has 0 heterocycles. The summed E-state index contributed by atoms with van der Waals surface area (Å²) in [6.07, 6.45) is 0. The van der Waals surface area contributed by atoms with E-state index in [4.69, 9.17) is 11.6 Å². The fraction of sp³-hybridized carbons (Fsp3) is 0. The fourth-order valence-corrected chi connectivity index (χ4v) is 4.10. The molecule has 0 saturated carbocycles. The van der Waals surface area contributed by atoms with Crippen molar-refractivity contribution in [3.8, 4) is 0 Å². The zero-order valence-electron chi connectivity index (χ0n) is 9.68. The Balaban J connectivity index is 2.47. The number of hydrogen-bond acceptors (Lipinski definition) is 0. The van der Waals surface area contributed by atoms with E-state index in [2.05, 4.69) is 74.3 Å². The van der Waals surface area contributed by atoms with Crippen LogP contribution in [0.2, 0.25) is 5.02 Å². The lowest BCUT2D eigenvalue weighted by molar-refractivity contribution is 1.69. The third kappa shape index (κ3) is 1.51. The van der Waals surface area contributed by atoms with Gasteiger partial charge in [0.15, 0.2) is 0 Å². The second-order valence-corrected chi connectivity index (χ2v) is 6.59. The molecule has 92 valence electrons. The molecule has 0 fully saturated rings. The van der Waals surface area contributed by atoms with Gasteiger partial charge in [0.25, 0.3) is 0 Å². The molecule has 0 aliphatic heterocycles. The summed E-state index contributed by atoms with van der Waals surface area (Å²) in [4.78, 5) is 0. The number of halogens is 3.